The topological polar surface area (TPSA) is 12.0 Å². The second-order valence-corrected chi connectivity index (χ2v) is 8.70. The molecule has 0 heterocycles. The Morgan fingerprint density at radius 3 is 2.40 bits per heavy atom. The first kappa shape index (κ1) is 14.6. The van der Waals surface area contributed by atoms with E-state index in [1.807, 2.05) is 0 Å². The maximum absolute atomic E-state index is 3.96. The van der Waals surface area contributed by atoms with Gasteiger partial charge in [0.25, 0.3) is 0 Å². The van der Waals surface area contributed by atoms with E-state index in [1.165, 1.54) is 24.8 Å². The van der Waals surface area contributed by atoms with Crippen LogP contribution in [0.5, 0.6) is 0 Å². The fourth-order valence-corrected chi connectivity index (χ4v) is 5.08. The van der Waals surface area contributed by atoms with E-state index in [9.17, 15) is 0 Å². The number of hydrogen-bond donors (Lipinski definition) is 1. The van der Waals surface area contributed by atoms with Gasteiger partial charge in [0.2, 0.25) is 0 Å². The van der Waals surface area contributed by atoms with Crippen molar-refractivity contribution in [1.82, 2.24) is 5.32 Å². The molecule has 2 heteroatoms. The zero-order valence-corrected chi connectivity index (χ0v) is 14.6. The molecule has 0 spiro atoms. The molecule has 1 aromatic rings. The van der Waals surface area contributed by atoms with E-state index in [2.05, 4.69) is 73.2 Å². The molecule has 3 rings (SSSR count). The molecule has 0 amide bonds. The lowest BCUT2D eigenvalue weighted by Gasteiger charge is -2.44. The maximum atomic E-state index is 3.96. The first-order chi connectivity index (χ1) is 9.33. The van der Waals surface area contributed by atoms with Crippen LogP contribution >= 0.6 is 15.9 Å². The van der Waals surface area contributed by atoms with Crippen molar-refractivity contribution in [1.29, 1.82) is 0 Å². The third-order valence-electron chi connectivity index (χ3n) is 6.06. The first-order valence-corrected chi connectivity index (χ1v) is 8.64. The fourth-order valence-electron chi connectivity index (χ4n) is 4.82. The van der Waals surface area contributed by atoms with Crippen LogP contribution in [0.2, 0.25) is 0 Å². The van der Waals surface area contributed by atoms with Gasteiger partial charge in [-0.3, -0.25) is 0 Å². The largest absolute Gasteiger partial charge is 0.306 e. The Hall–Kier alpha value is -0.340. The van der Waals surface area contributed by atoms with Crippen molar-refractivity contribution < 1.29 is 0 Å². The summed E-state index contributed by atoms with van der Waals surface area (Å²) in [6.07, 6.45) is 4.23. The van der Waals surface area contributed by atoms with Crippen molar-refractivity contribution in [2.24, 2.45) is 16.7 Å². The predicted molar refractivity (Wildman–Crippen MR) is 88.7 cm³/mol. The van der Waals surface area contributed by atoms with Gasteiger partial charge in [-0.15, -0.1) is 0 Å². The second-order valence-electron chi connectivity index (χ2n) is 7.79. The van der Waals surface area contributed by atoms with Gasteiger partial charge in [-0.05, 0) is 60.6 Å². The van der Waals surface area contributed by atoms with Crippen LogP contribution in [0.25, 0.3) is 0 Å². The molecule has 4 atom stereocenters. The van der Waals surface area contributed by atoms with Crippen molar-refractivity contribution in [3.8, 4) is 0 Å². The van der Waals surface area contributed by atoms with Crippen LogP contribution in [-0.4, -0.2) is 6.04 Å². The SMILES string of the molecule is C[C@@H](NC1C2(C)CCC(C2)C1(C)C)c1ccc(Br)cc1. The minimum atomic E-state index is 0.420. The number of benzene rings is 1. The molecule has 2 bridgehead atoms. The second kappa shape index (κ2) is 4.84. The highest BCUT2D eigenvalue weighted by atomic mass is 79.9. The summed E-state index contributed by atoms with van der Waals surface area (Å²) in [6.45, 7) is 9.73. The van der Waals surface area contributed by atoms with Crippen LogP contribution in [0.3, 0.4) is 0 Å². The van der Waals surface area contributed by atoms with E-state index >= 15 is 0 Å². The van der Waals surface area contributed by atoms with Gasteiger partial charge in [0.1, 0.15) is 0 Å². The van der Waals surface area contributed by atoms with Crippen LogP contribution in [0.15, 0.2) is 28.7 Å². The van der Waals surface area contributed by atoms with Gasteiger partial charge in [0.15, 0.2) is 0 Å². The van der Waals surface area contributed by atoms with Gasteiger partial charge in [-0.1, -0.05) is 48.8 Å². The molecule has 1 N–H and O–H groups in total. The van der Waals surface area contributed by atoms with Crippen LogP contribution < -0.4 is 5.32 Å². The van der Waals surface area contributed by atoms with Crippen molar-refractivity contribution in [2.75, 3.05) is 0 Å². The lowest BCUT2D eigenvalue weighted by Crippen LogP contribution is -2.50. The number of fused-ring (bicyclic) bond motifs is 2. The van der Waals surface area contributed by atoms with Crippen molar-refractivity contribution >= 4 is 15.9 Å². The molecular weight excluding hydrogens is 310 g/mol. The lowest BCUT2D eigenvalue weighted by atomic mass is 9.68. The van der Waals surface area contributed by atoms with Crippen molar-refractivity contribution in [3.05, 3.63) is 34.3 Å². The highest BCUT2D eigenvalue weighted by Crippen LogP contribution is 2.62. The van der Waals surface area contributed by atoms with Gasteiger partial charge in [-0.2, -0.15) is 0 Å². The number of halogens is 1. The molecular formula is C18H26BrN. The van der Waals surface area contributed by atoms with Gasteiger partial charge in [0.05, 0.1) is 0 Å². The molecule has 2 aliphatic carbocycles. The molecule has 2 fully saturated rings. The average molecular weight is 336 g/mol. The molecule has 1 aromatic carbocycles. The van der Waals surface area contributed by atoms with Crippen LogP contribution in [-0.2, 0) is 0 Å². The Morgan fingerprint density at radius 1 is 1.20 bits per heavy atom. The van der Waals surface area contributed by atoms with Crippen LogP contribution in [0.1, 0.15) is 58.6 Å². The zero-order chi connectivity index (χ0) is 14.5. The molecule has 0 aromatic heterocycles. The predicted octanol–water partition coefficient (Wildman–Crippen LogP) is 5.31. The third kappa shape index (κ3) is 2.25. The molecule has 1 nitrogen and oxygen atoms in total. The summed E-state index contributed by atoms with van der Waals surface area (Å²) in [7, 11) is 0. The zero-order valence-electron chi connectivity index (χ0n) is 13.0. The smallest absolute Gasteiger partial charge is 0.0294 e. The fraction of sp³-hybridized carbons (Fsp3) is 0.667. The van der Waals surface area contributed by atoms with Crippen LogP contribution in [0.4, 0.5) is 0 Å². The Kier molecular flexibility index (Phi) is 3.53. The third-order valence-corrected chi connectivity index (χ3v) is 6.59. The van der Waals surface area contributed by atoms with Crippen LogP contribution in [0, 0.1) is 16.7 Å². The van der Waals surface area contributed by atoms with Gasteiger partial charge in [0, 0.05) is 16.6 Å². The molecule has 0 radical (unpaired) electrons. The molecule has 2 saturated carbocycles. The number of rotatable bonds is 3. The minimum Gasteiger partial charge on any atom is -0.306 e. The summed E-state index contributed by atoms with van der Waals surface area (Å²) in [6, 6.07) is 9.78. The summed E-state index contributed by atoms with van der Waals surface area (Å²) in [5.41, 5.74) is 2.31. The first-order valence-electron chi connectivity index (χ1n) is 7.84. The molecule has 20 heavy (non-hydrogen) atoms. The van der Waals surface area contributed by atoms with E-state index in [0.717, 1.165) is 10.4 Å². The molecule has 2 aliphatic rings. The lowest BCUT2D eigenvalue weighted by molar-refractivity contribution is 0.100. The Labute approximate surface area is 131 Å². The van der Waals surface area contributed by atoms with E-state index in [1.54, 1.807) is 0 Å². The minimum absolute atomic E-state index is 0.420. The summed E-state index contributed by atoms with van der Waals surface area (Å²) in [5.74, 6) is 0.905. The molecule has 0 aliphatic heterocycles. The quantitative estimate of drug-likeness (QED) is 0.788. The number of nitrogens with one attached hydrogen (secondary N) is 1. The molecule has 110 valence electrons. The van der Waals surface area contributed by atoms with Crippen molar-refractivity contribution in [3.63, 3.8) is 0 Å². The number of hydrogen-bond acceptors (Lipinski definition) is 1. The van der Waals surface area contributed by atoms with E-state index in [-0.39, 0.29) is 0 Å². The summed E-state index contributed by atoms with van der Waals surface area (Å²) in [4.78, 5) is 0. The summed E-state index contributed by atoms with van der Waals surface area (Å²) < 4.78 is 1.15. The van der Waals surface area contributed by atoms with E-state index in [4.69, 9.17) is 0 Å². The molecule has 0 saturated heterocycles. The van der Waals surface area contributed by atoms with E-state index < -0.39 is 0 Å². The van der Waals surface area contributed by atoms with Crippen molar-refractivity contribution in [2.45, 2.75) is 59.0 Å². The Morgan fingerprint density at radius 2 is 1.85 bits per heavy atom. The van der Waals surface area contributed by atoms with Gasteiger partial charge < -0.3 is 5.32 Å². The average Bonchev–Trinajstić information content (AvgIpc) is 2.86. The monoisotopic (exact) mass is 335 g/mol. The Bertz CT molecular complexity index is 488. The summed E-state index contributed by atoms with van der Waals surface area (Å²) in [5, 5.41) is 3.96. The van der Waals surface area contributed by atoms with Gasteiger partial charge >= 0.3 is 0 Å². The highest BCUT2D eigenvalue weighted by Gasteiger charge is 2.59. The standard InChI is InChI=1S/C18H26BrN/c1-12(13-5-7-15(19)8-6-13)20-16-17(2,3)14-9-10-18(16,4)11-14/h5-8,12,14,16,20H,9-11H2,1-4H3/t12-,14?,16?,18?/m1/s1. The summed E-state index contributed by atoms with van der Waals surface area (Å²) >= 11 is 3.52. The Balaban J connectivity index is 1.78. The van der Waals surface area contributed by atoms with E-state index in [0.29, 0.717) is 22.9 Å². The molecule has 3 unspecified atom stereocenters. The maximum Gasteiger partial charge on any atom is 0.0294 e. The van der Waals surface area contributed by atoms with Gasteiger partial charge in [-0.25, -0.2) is 0 Å². The normalized spacial score (nSPS) is 36.2. The highest BCUT2D eigenvalue weighted by molar-refractivity contribution is 9.10.